The first-order valence-corrected chi connectivity index (χ1v) is 5.58. The van der Waals surface area contributed by atoms with E-state index < -0.39 is 6.36 Å². The zero-order valence-corrected chi connectivity index (χ0v) is 10.3. The van der Waals surface area contributed by atoms with Gasteiger partial charge in [-0.2, -0.15) is 5.10 Å². The highest BCUT2D eigenvalue weighted by atomic mass is 19.4. The number of alkyl halides is 3. The van der Waals surface area contributed by atoms with E-state index in [0.717, 1.165) is 6.07 Å². The molecule has 0 saturated heterocycles. The molecule has 0 aliphatic heterocycles. The van der Waals surface area contributed by atoms with E-state index in [-0.39, 0.29) is 11.4 Å². The largest absolute Gasteiger partial charge is 0.573 e. The van der Waals surface area contributed by atoms with Gasteiger partial charge in [0.25, 0.3) is 0 Å². The fourth-order valence-electron chi connectivity index (χ4n) is 1.30. The van der Waals surface area contributed by atoms with Crippen LogP contribution in [0.3, 0.4) is 0 Å². The summed E-state index contributed by atoms with van der Waals surface area (Å²) in [6.45, 7) is 5.85. The van der Waals surface area contributed by atoms with Crippen LogP contribution in [0.25, 0.3) is 5.65 Å². The second-order valence-corrected chi connectivity index (χ2v) is 3.10. The maximum Gasteiger partial charge on any atom is 0.573 e. The van der Waals surface area contributed by atoms with E-state index >= 15 is 0 Å². The van der Waals surface area contributed by atoms with Crippen LogP contribution in [0.15, 0.2) is 18.5 Å². The van der Waals surface area contributed by atoms with Crippen molar-refractivity contribution in [3.63, 3.8) is 0 Å². The summed E-state index contributed by atoms with van der Waals surface area (Å²) in [6, 6.07) is 1.13. The monoisotopic (exact) mass is 261 g/mol. The molecule has 0 radical (unpaired) electrons. The molecule has 0 spiro atoms. The normalized spacial score (nSPS) is 11.0. The number of imidazole rings is 1. The Kier molecular flexibility index (Phi) is 4.52. The number of hydrogen-bond acceptors (Lipinski definition) is 3. The Bertz CT molecular complexity index is 508. The minimum atomic E-state index is -4.72. The predicted molar refractivity (Wildman–Crippen MR) is 60.4 cm³/mol. The van der Waals surface area contributed by atoms with Crippen LogP contribution >= 0.6 is 0 Å². The number of rotatable bonds is 2. The molecule has 0 aliphatic rings. The zero-order chi connectivity index (χ0) is 13.8. The van der Waals surface area contributed by atoms with Crippen LogP contribution in [-0.4, -0.2) is 21.0 Å². The molecule has 2 rings (SSSR count). The van der Waals surface area contributed by atoms with E-state index in [1.807, 2.05) is 20.8 Å². The molecule has 0 atom stereocenters. The third-order valence-corrected chi connectivity index (χ3v) is 1.96. The van der Waals surface area contributed by atoms with Crippen molar-refractivity contribution >= 4 is 5.65 Å². The van der Waals surface area contributed by atoms with Crippen LogP contribution in [0, 0.1) is 0 Å². The topological polar surface area (TPSA) is 39.4 Å². The van der Waals surface area contributed by atoms with Gasteiger partial charge in [-0.25, -0.2) is 9.50 Å². The molecule has 18 heavy (non-hydrogen) atoms. The first-order chi connectivity index (χ1) is 8.49. The van der Waals surface area contributed by atoms with Crippen LogP contribution in [-0.2, 0) is 6.42 Å². The number of hydrogen-bond donors (Lipinski definition) is 0. The van der Waals surface area contributed by atoms with Gasteiger partial charge in [-0.15, -0.1) is 13.2 Å². The van der Waals surface area contributed by atoms with Crippen molar-refractivity contribution in [1.82, 2.24) is 14.6 Å². The fraction of sp³-hybridized carbons (Fsp3) is 0.455. The quantitative estimate of drug-likeness (QED) is 0.833. The molecule has 0 unspecified atom stereocenters. The van der Waals surface area contributed by atoms with Gasteiger partial charge in [-0.3, -0.25) is 0 Å². The summed E-state index contributed by atoms with van der Waals surface area (Å²) in [4.78, 5) is 3.99. The van der Waals surface area contributed by atoms with E-state index in [1.165, 1.54) is 10.7 Å². The van der Waals surface area contributed by atoms with E-state index in [9.17, 15) is 13.2 Å². The molecular formula is C11H14F3N3O. The summed E-state index contributed by atoms with van der Waals surface area (Å²) < 4.78 is 41.3. The zero-order valence-electron chi connectivity index (χ0n) is 10.3. The Morgan fingerprint density at radius 3 is 2.56 bits per heavy atom. The minimum Gasteiger partial charge on any atom is -0.402 e. The first-order valence-electron chi connectivity index (χ1n) is 5.58. The summed E-state index contributed by atoms with van der Waals surface area (Å²) in [6.07, 6.45) is -1.30. The summed E-state index contributed by atoms with van der Waals surface area (Å²) in [5, 5.41) is 3.85. The molecule has 0 aromatic carbocycles. The minimum absolute atomic E-state index is 0.0664. The summed E-state index contributed by atoms with van der Waals surface area (Å²) in [5.41, 5.74) is 0.724. The predicted octanol–water partition coefficient (Wildman–Crippen LogP) is 3.22. The van der Waals surface area contributed by atoms with Crippen molar-refractivity contribution in [3.8, 4) is 5.75 Å². The van der Waals surface area contributed by atoms with Gasteiger partial charge in [0, 0.05) is 6.07 Å². The fourth-order valence-corrected chi connectivity index (χ4v) is 1.30. The maximum absolute atomic E-state index is 12.1. The number of nitrogens with zero attached hydrogens (tertiary/aromatic N) is 3. The van der Waals surface area contributed by atoms with Gasteiger partial charge in [0.15, 0.2) is 11.4 Å². The maximum atomic E-state index is 12.1. The third-order valence-electron chi connectivity index (χ3n) is 1.96. The van der Waals surface area contributed by atoms with Gasteiger partial charge in [-0.1, -0.05) is 20.8 Å². The smallest absolute Gasteiger partial charge is 0.402 e. The van der Waals surface area contributed by atoms with Crippen LogP contribution < -0.4 is 4.74 Å². The number of aryl methyl sites for hydroxylation is 1. The molecule has 100 valence electrons. The molecule has 0 N–H and O–H groups in total. The van der Waals surface area contributed by atoms with E-state index in [2.05, 4.69) is 14.8 Å². The van der Waals surface area contributed by atoms with Crippen LogP contribution in [0.1, 0.15) is 26.5 Å². The van der Waals surface area contributed by atoms with Gasteiger partial charge in [0.1, 0.15) is 0 Å². The van der Waals surface area contributed by atoms with Gasteiger partial charge >= 0.3 is 6.36 Å². The third kappa shape index (κ3) is 3.35. The van der Waals surface area contributed by atoms with E-state index in [1.54, 1.807) is 6.20 Å². The molecule has 2 aromatic heterocycles. The highest BCUT2D eigenvalue weighted by molar-refractivity contribution is 5.53. The van der Waals surface area contributed by atoms with Crippen molar-refractivity contribution in [3.05, 3.63) is 24.2 Å². The van der Waals surface area contributed by atoms with Crippen molar-refractivity contribution in [1.29, 1.82) is 0 Å². The van der Waals surface area contributed by atoms with Crippen LogP contribution in [0.4, 0.5) is 13.2 Å². The van der Waals surface area contributed by atoms with Gasteiger partial charge in [0.2, 0.25) is 0 Å². The second kappa shape index (κ2) is 5.70. The van der Waals surface area contributed by atoms with E-state index in [4.69, 9.17) is 0 Å². The van der Waals surface area contributed by atoms with Crippen molar-refractivity contribution < 1.29 is 17.9 Å². The molecule has 0 bridgehead atoms. The van der Waals surface area contributed by atoms with E-state index in [0.29, 0.717) is 12.1 Å². The molecule has 0 amide bonds. The highest BCUT2D eigenvalue weighted by Crippen LogP contribution is 2.25. The SMILES string of the molecule is CC.CCc1cn2nccc(OC(F)(F)F)c2n1. The average Bonchev–Trinajstić information content (AvgIpc) is 2.74. The summed E-state index contributed by atoms with van der Waals surface area (Å²) >= 11 is 0. The lowest BCUT2D eigenvalue weighted by Gasteiger charge is -2.08. The second-order valence-electron chi connectivity index (χ2n) is 3.10. The summed E-state index contributed by atoms with van der Waals surface area (Å²) in [5.74, 6) is -0.345. The molecule has 7 heteroatoms. The van der Waals surface area contributed by atoms with Crippen molar-refractivity contribution in [2.24, 2.45) is 0 Å². The Labute approximate surface area is 102 Å². The molecule has 0 fully saturated rings. The lowest BCUT2D eigenvalue weighted by atomic mass is 10.4. The molecule has 0 aliphatic carbocycles. The van der Waals surface area contributed by atoms with Gasteiger partial charge < -0.3 is 4.74 Å². The Morgan fingerprint density at radius 2 is 2.00 bits per heavy atom. The Balaban J connectivity index is 0.000000771. The molecule has 2 heterocycles. The van der Waals surface area contributed by atoms with Gasteiger partial charge in [-0.05, 0) is 6.42 Å². The van der Waals surface area contributed by atoms with Gasteiger partial charge in [0.05, 0.1) is 18.1 Å². The Hall–Kier alpha value is -1.79. The highest BCUT2D eigenvalue weighted by Gasteiger charge is 2.32. The van der Waals surface area contributed by atoms with Crippen LogP contribution in [0.2, 0.25) is 0 Å². The number of aromatic nitrogens is 3. The van der Waals surface area contributed by atoms with Crippen LogP contribution in [0.5, 0.6) is 5.75 Å². The number of halogens is 3. The number of fused-ring (bicyclic) bond motifs is 1. The molecule has 0 saturated carbocycles. The summed E-state index contributed by atoms with van der Waals surface area (Å²) in [7, 11) is 0. The Morgan fingerprint density at radius 1 is 1.33 bits per heavy atom. The molecular weight excluding hydrogens is 247 g/mol. The standard InChI is InChI=1S/C9H8F3N3O.C2H6/c1-2-6-5-15-8(14-6)7(3-4-13-15)16-9(10,11)12;1-2/h3-5H,2H2,1H3;1-2H3. The lowest BCUT2D eigenvalue weighted by molar-refractivity contribution is -0.274. The molecule has 2 aromatic rings. The average molecular weight is 261 g/mol. The number of ether oxygens (including phenoxy) is 1. The van der Waals surface area contributed by atoms with Crippen molar-refractivity contribution in [2.75, 3.05) is 0 Å². The molecule has 4 nitrogen and oxygen atoms in total. The van der Waals surface area contributed by atoms with Crippen molar-refractivity contribution in [2.45, 2.75) is 33.6 Å². The lowest BCUT2D eigenvalue weighted by Crippen LogP contribution is -2.17. The first kappa shape index (κ1) is 14.3.